The molecule has 9 heteroatoms. The molecular weight excluding hydrogens is 413 g/mol. The number of ketones is 1. The van der Waals surface area contributed by atoms with Crippen LogP contribution in [0.1, 0.15) is 53.3 Å². The highest BCUT2D eigenvalue weighted by Gasteiger charge is 2.38. The molecule has 2 saturated heterocycles. The Labute approximate surface area is 186 Å². The van der Waals surface area contributed by atoms with Crippen molar-refractivity contribution >= 4 is 11.7 Å². The Hall–Kier alpha value is -2.78. The molecule has 2 aromatic rings. The first-order valence-electron chi connectivity index (χ1n) is 11.2. The molecule has 0 radical (unpaired) electrons. The van der Waals surface area contributed by atoms with Gasteiger partial charge < -0.3 is 9.64 Å². The number of carbonyl (C=O) groups is 2. The van der Waals surface area contributed by atoms with E-state index in [0.29, 0.717) is 30.8 Å². The maximum Gasteiger partial charge on any atom is 0.241 e. The van der Waals surface area contributed by atoms with Gasteiger partial charge >= 0.3 is 0 Å². The van der Waals surface area contributed by atoms with Gasteiger partial charge in [-0.05, 0) is 50.3 Å². The van der Waals surface area contributed by atoms with Gasteiger partial charge in [0.25, 0.3) is 0 Å². The molecule has 0 aliphatic carbocycles. The number of hydrogen-bond acceptors (Lipinski definition) is 6. The van der Waals surface area contributed by atoms with Crippen molar-refractivity contribution < 1.29 is 18.7 Å². The second-order valence-corrected chi connectivity index (χ2v) is 9.06. The summed E-state index contributed by atoms with van der Waals surface area (Å²) in [5.41, 5.74) is 8.79. The predicted molar refractivity (Wildman–Crippen MR) is 114 cm³/mol. The van der Waals surface area contributed by atoms with E-state index in [1.54, 1.807) is 4.68 Å². The van der Waals surface area contributed by atoms with Gasteiger partial charge in [-0.1, -0.05) is 0 Å². The van der Waals surface area contributed by atoms with Crippen LogP contribution in [0.4, 0.5) is 4.39 Å². The first-order valence-corrected chi connectivity index (χ1v) is 11.2. The molecule has 2 fully saturated rings. The summed E-state index contributed by atoms with van der Waals surface area (Å²) in [5, 5.41) is 4.39. The number of hydrogen-bond donors (Lipinski definition) is 2. The molecule has 0 saturated carbocycles. The number of hydrazine groups is 1. The number of nitrogens with one attached hydrogen (secondary N) is 2. The van der Waals surface area contributed by atoms with Crippen molar-refractivity contribution in [3.63, 3.8) is 0 Å². The molecule has 3 aliphatic heterocycles. The number of ether oxygens (including phenoxy) is 1. The first-order chi connectivity index (χ1) is 15.4. The zero-order valence-electron chi connectivity index (χ0n) is 18.3. The fourth-order valence-electron chi connectivity index (χ4n) is 5.18. The summed E-state index contributed by atoms with van der Waals surface area (Å²) < 4.78 is 21.3. The minimum atomic E-state index is -0.429. The number of aromatic nitrogens is 2. The van der Waals surface area contributed by atoms with E-state index in [2.05, 4.69) is 16.0 Å². The highest BCUT2D eigenvalue weighted by molar-refractivity contribution is 5.99. The number of aryl methyl sites for hydroxylation is 2. The Morgan fingerprint density at radius 1 is 1.25 bits per heavy atom. The van der Waals surface area contributed by atoms with Crippen LogP contribution < -0.4 is 15.6 Å². The van der Waals surface area contributed by atoms with Crippen molar-refractivity contribution in [2.45, 2.75) is 50.8 Å². The highest BCUT2D eigenvalue weighted by Crippen LogP contribution is 2.34. The van der Waals surface area contributed by atoms with Crippen molar-refractivity contribution in [3.8, 4) is 5.75 Å². The van der Waals surface area contributed by atoms with Gasteiger partial charge in [-0.2, -0.15) is 5.10 Å². The van der Waals surface area contributed by atoms with Gasteiger partial charge in [-0.25, -0.2) is 15.2 Å². The van der Waals surface area contributed by atoms with E-state index < -0.39 is 5.82 Å². The second-order valence-electron chi connectivity index (χ2n) is 9.06. The Kier molecular flexibility index (Phi) is 5.46. The minimum absolute atomic E-state index is 0.0572. The number of carbonyl (C=O) groups excluding carboxylic acids is 2. The van der Waals surface area contributed by atoms with Crippen molar-refractivity contribution in [2.75, 3.05) is 13.1 Å². The van der Waals surface area contributed by atoms with E-state index in [1.165, 1.54) is 18.2 Å². The highest BCUT2D eigenvalue weighted by atomic mass is 19.1. The van der Waals surface area contributed by atoms with Crippen LogP contribution in [-0.2, 0) is 11.8 Å². The molecule has 1 aromatic heterocycles. The summed E-state index contributed by atoms with van der Waals surface area (Å²) in [7, 11) is 1.89. The zero-order valence-corrected chi connectivity index (χ0v) is 18.3. The third kappa shape index (κ3) is 3.91. The van der Waals surface area contributed by atoms with Crippen LogP contribution in [0.25, 0.3) is 0 Å². The summed E-state index contributed by atoms with van der Waals surface area (Å²) in [6.07, 6.45) is 4.28. The number of likely N-dealkylation sites (tertiary alicyclic amines) is 1. The molecule has 170 valence electrons. The summed E-state index contributed by atoms with van der Waals surface area (Å²) >= 11 is 0. The second kappa shape index (κ2) is 8.29. The molecule has 1 aromatic carbocycles. The zero-order chi connectivity index (χ0) is 22.4. The fraction of sp³-hybridized carbons (Fsp3) is 0.522. The number of rotatable bonds is 3. The van der Waals surface area contributed by atoms with Crippen molar-refractivity contribution in [3.05, 3.63) is 47.0 Å². The normalized spacial score (nSPS) is 26.2. The lowest BCUT2D eigenvalue weighted by atomic mass is 9.85. The number of halogens is 1. The van der Waals surface area contributed by atoms with Crippen molar-refractivity contribution in [1.82, 2.24) is 25.5 Å². The third-order valence-electron chi connectivity index (χ3n) is 6.91. The van der Waals surface area contributed by atoms with Gasteiger partial charge in [0.15, 0.2) is 5.78 Å². The van der Waals surface area contributed by atoms with Crippen LogP contribution in [0.5, 0.6) is 5.75 Å². The lowest BCUT2D eigenvalue weighted by molar-refractivity contribution is -0.135. The standard InChI is InChI=1S/C23H28FN5O3/c1-13-17(12-28(2)27-13)18-10-19(26-25-18)23(31)29-7-5-14(6-8-29)22-11-20(30)16-9-15(24)3-4-21(16)32-22/h3-4,9,12,14,18-19,22,25-26H,5-8,10-11H2,1-2H3. The fourth-order valence-corrected chi connectivity index (χ4v) is 5.18. The van der Waals surface area contributed by atoms with Gasteiger partial charge in [0.05, 0.1) is 17.3 Å². The topological polar surface area (TPSA) is 88.5 Å². The smallest absolute Gasteiger partial charge is 0.241 e. The molecular formula is C23H28FN5O3. The van der Waals surface area contributed by atoms with Crippen LogP contribution in [0.2, 0.25) is 0 Å². The van der Waals surface area contributed by atoms with Crippen LogP contribution >= 0.6 is 0 Å². The lowest BCUT2D eigenvalue weighted by Gasteiger charge is -2.38. The molecule has 3 atom stereocenters. The maximum atomic E-state index is 13.4. The lowest BCUT2D eigenvalue weighted by Crippen LogP contribution is -2.50. The molecule has 2 N–H and O–H groups in total. The average molecular weight is 442 g/mol. The van der Waals surface area contributed by atoms with Gasteiger partial charge in [0, 0.05) is 38.3 Å². The van der Waals surface area contributed by atoms with Crippen LogP contribution in [-0.4, -0.2) is 51.6 Å². The third-order valence-corrected chi connectivity index (χ3v) is 6.91. The minimum Gasteiger partial charge on any atom is -0.489 e. The van der Waals surface area contributed by atoms with E-state index in [-0.39, 0.29) is 42.2 Å². The summed E-state index contributed by atoms with van der Waals surface area (Å²) in [6, 6.07) is 3.88. The molecule has 5 rings (SSSR count). The van der Waals surface area contributed by atoms with Crippen LogP contribution in [0.3, 0.4) is 0 Å². The van der Waals surface area contributed by atoms with Crippen LogP contribution in [0.15, 0.2) is 24.4 Å². The molecule has 3 unspecified atom stereocenters. The molecule has 3 aliphatic rings. The van der Waals surface area contributed by atoms with E-state index in [9.17, 15) is 14.0 Å². The summed E-state index contributed by atoms with van der Waals surface area (Å²) in [6.45, 7) is 3.26. The largest absolute Gasteiger partial charge is 0.489 e. The Bertz CT molecular complexity index is 1050. The molecule has 1 amide bonds. The van der Waals surface area contributed by atoms with Crippen LogP contribution in [0, 0.1) is 18.7 Å². The quantitative estimate of drug-likeness (QED) is 0.758. The molecule has 32 heavy (non-hydrogen) atoms. The maximum absolute atomic E-state index is 13.4. The number of benzene rings is 1. The molecule has 0 spiro atoms. The monoisotopic (exact) mass is 441 g/mol. The Morgan fingerprint density at radius 3 is 2.75 bits per heavy atom. The molecule has 0 bridgehead atoms. The van der Waals surface area contributed by atoms with Gasteiger partial charge in [0.1, 0.15) is 23.7 Å². The predicted octanol–water partition coefficient (Wildman–Crippen LogP) is 2.05. The summed E-state index contributed by atoms with van der Waals surface area (Å²) in [5.74, 6) is 0.251. The number of fused-ring (bicyclic) bond motifs is 1. The number of amides is 1. The van der Waals surface area contributed by atoms with E-state index in [1.807, 2.05) is 25.1 Å². The Morgan fingerprint density at radius 2 is 2.03 bits per heavy atom. The van der Waals surface area contributed by atoms with Crippen molar-refractivity contribution in [2.24, 2.45) is 13.0 Å². The van der Waals surface area contributed by atoms with E-state index in [0.717, 1.165) is 24.1 Å². The van der Waals surface area contributed by atoms with Gasteiger partial charge in [-0.15, -0.1) is 0 Å². The van der Waals surface area contributed by atoms with Crippen molar-refractivity contribution in [1.29, 1.82) is 0 Å². The average Bonchev–Trinajstić information content (AvgIpc) is 3.39. The SMILES string of the molecule is Cc1nn(C)cc1C1CC(C(=O)N2CCC(C3CC(=O)c4cc(F)ccc4O3)CC2)NN1. The first kappa shape index (κ1) is 21.1. The van der Waals surface area contributed by atoms with E-state index in [4.69, 9.17) is 4.74 Å². The molecule has 8 nitrogen and oxygen atoms in total. The number of nitrogens with zero attached hydrogens (tertiary/aromatic N) is 3. The van der Waals surface area contributed by atoms with Gasteiger partial charge in [-0.3, -0.25) is 14.3 Å². The number of piperidine rings is 1. The summed E-state index contributed by atoms with van der Waals surface area (Å²) in [4.78, 5) is 27.5. The Balaban J connectivity index is 1.17. The van der Waals surface area contributed by atoms with E-state index >= 15 is 0 Å². The van der Waals surface area contributed by atoms with Gasteiger partial charge in [0.2, 0.25) is 5.91 Å². The molecule has 4 heterocycles. The number of Topliss-reactive ketones (excluding diaryl/α,β-unsaturated/α-hetero) is 1.